The molecule has 2 aromatic rings. The molecule has 1 aromatic heterocycles. The van der Waals surface area contributed by atoms with E-state index in [9.17, 15) is 4.39 Å². The van der Waals surface area contributed by atoms with E-state index in [0.29, 0.717) is 16.2 Å². The lowest BCUT2D eigenvalue weighted by atomic mass is 10.2. The Balaban J connectivity index is 2.69. The molecule has 0 N–H and O–H groups in total. The largest absolute Gasteiger partial charge is 0.248 e. The van der Waals surface area contributed by atoms with Gasteiger partial charge in [0, 0.05) is 16.7 Å². The number of fused-ring (bicyclic) bond motifs is 1. The molecule has 5 heteroatoms. The van der Waals surface area contributed by atoms with Crippen LogP contribution in [0, 0.1) is 5.82 Å². The molecule has 0 bridgehead atoms. The zero-order chi connectivity index (χ0) is 10.8. The maximum absolute atomic E-state index is 13.0. The zero-order valence-corrected chi connectivity index (χ0v) is 10.8. The van der Waals surface area contributed by atoms with E-state index < -0.39 is 0 Å². The Morgan fingerprint density at radius 1 is 1.00 bits per heavy atom. The molecular formula is C10H7Br2FN2. The van der Waals surface area contributed by atoms with Gasteiger partial charge in [0.1, 0.15) is 5.82 Å². The molecule has 2 rings (SSSR count). The molecule has 0 unspecified atom stereocenters. The Labute approximate surface area is 103 Å². The number of hydrogen-bond acceptors (Lipinski definition) is 2. The molecule has 1 aromatic carbocycles. The van der Waals surface area contributed by atoms with Crippen molar-refractivity contribution in [3.8, 4) is 0 Å². The monoisotopic (exact) mass is 332 g/mol. The number of halogens is 3. The van der Waals surface area contributed by atoms with Gasteiger partial charge in [0.15, 0.2) is 0 Å². The van der Waals surface area contributed by atoms with E-state index in [-0.39, 0.29) is 5.82 Å². The minimum atomic E-state index is -0.288. The van der Waals surface area contributed by atoms with E-state index in [4.69, 9.17) is 0 Å². The SMILES string of the molecule is Fc1ccc2nc(CBr)c(CBr)nc2c1. The number of aromatic nitrogens is 2. The topological polar surface area (TPSA) is 25.8 Å². The van der Waals surface area contributed by atoms with Crippen molar-refractivity contribution >= 4 is 42.9 Å². The fourth-order valence-corrected chi connectivity index (χ4v) is 2.21. The number of benzene rings is 1. The number of alkyl halides is 2. The van der Waals surface area contributed by atoms with E-state index in [0.717, 1.165) is 16.9 Å². The van der Waals surface area contributed by atoms with Crippen LogP contribution >= 0.6 is 31.9 Å². The van der Waals surface area contributed by atoms with Crippen LogP contribution in [0.1, 0.15) is 11.4 Å². The minimum Gasteiger partial charge on any atom is -0.248 e. The smallest absolute Gasteiger partial charge is 0.125 e. The van der Waals surface area contributed by atoms with Gasteiger partial charge in [-0.3, -0.25) is 0 Å². The van der Waals surface area contributed by atoms with Gasteiger partial charge in [-0.2, -0.15) is 0 Å². The van der Waals surface area contributed by atoms with Crippen LogP contribution in [-0.2, 0) is 10.7 Å². The lowest BCUT2D eigenvalue weighted by Crippen LogP contribution is -1.98. The Morgan fingerprint density at radius 3 is 2.20 bits per heavy atom. The van der Waals surface area contributed by atoms with Crippen molar-refractivity contribution in [2.75, 3.05) is 0 Å². The van der Waals surface area contributed by atoms with Crippen LogP contribution in [-0.4, -0.2) is 9.97 Å². The molecule has 0 atom stereocenters. The van der Waals surface area contributed by atoms with Crippen molar-refractivity contribution in [3.63, 3.8) is 0 Å². The zero-order valence-electron chi connectivity index (χ0n) is 7.67. The summed E-state index contributed by atoms with van der Waals surface area (Å²) >= 11 is 6.69. The number of rotatable bonds is 2. The first-order valence-electron chi connectivity index (χ1n) is 4.31. The van der Waals surface area contributed by atoms with Crippen molar-refractivity contribution in [3.05, 3.63) is 35.4 Å². The summed E-state index contributed by atoms with van der Waals surface area (Å²) in [6, 6.07) is 4.43. The molecule has 0 amide bonds. The van der Waals surface area contributed by atoms with Crippen LogP contribution < -0.4 is 0 Å². The Hall–Kier alpha value is -0.550. The summed E-state index contributed by atoms with van der Waals surface area (Å²) in [4.78, 5) is 8.75. The maximum Gasteiger partial charge on any atom is 0.125 e. The summed E-state index contributed by atoms with van der Waals surface area (Å²) in [5.41, 5.74) is 3.03. The van der Waals surface area contributed by atoms with Gasteiger partial charge in [0.05, 0.1) is 22.4 Å². The maximum atomic E-state index is 13.0. The normalized spacial score (nSPS) is 10.9. The third kappa shape index (κ3) is 2.18. The molecule has 0 aliphatic carbocycles. The molecule has 0 saturated carbocycles. The Morgan fingerprint density at radius 2 is 1.60 bits per heavy atom. The first-order chi connectivity index (χ1) is 7.24. The molecule has 0 spiro atoms. The quantitative estimate of drug-likeness (QED) is 0.785. The van der Waals surface area contributed by atoms with Crippen LogP contribution in [0.3, 0.4) is 0 Å². The van der Waals surface area contributed by atoms with Crippen molar-refractivity contribution in [2.24, 2.45) is 0 Å². The molecule has 0 radical (unpaired) electrons. The summed E-state index contributed by atoms with van der Waals surface area (Å²) in [5.74, 6) is -0.288. The molecule has 78 valence electrons. The van der Waals surface area contributed by atoms with Gasteiger partial charge in [0.2, 0.25) is 0 Å². The van der Waals surface area contributed by atoms with Gasteiger partial charge in [0.25, 0.3) is 0 Å². The summed E-state index contributed by atoms with van der Waals surface area (Å²) in [5, 5.41) is 1.27. The highest BCUT2D eigenvalue weighted by molar-refractivity contribution is 9.09. The molecule has 2 nitrogen and oxygen atoms in total. The molecule has 0 aliphatic rings. The Bertz CT molecular complexity index is 502. The highest BCUT2D eigenvalue weighted by Gasteiger charge is 2.07. The molecule has 0 fully saturated rings. The first kappa shape index (κ1) is 11.0. The average Bonchev–Trinajstić information content (AvgIpc) is 2.27. The third-order valence-corrected chi connectivity index (χ3v) is 3.10. The van der Waals surface area contributed by atoms with Gasteiger partial charge in [-0.25, -0.2) is 14.4 Å². The van der Waals surface area contributed by atoms with Crippen molar-refractivity contribution < 1.29 is 4.39 Å². The molecular weight excluding hydrogens is 327 g/mol. The fraction of sp³-hybridized carbons (Fsp3) is 0.200. The summed E-state index contributed by atoms with van der Waals surface area (Å²) < 4.78 is 13.0. The lowest BCUT2D eigenvalue weighted by molar-refractivity contribution is 0.629. The van der Waals surface area contributed by atoms with E-state index in [1.165, 1.54) is 12.1 Å². The highest BCUT2D eigenvalue weighted by atomic mass is 79.9. The number of nitrogens with zero attached hydrogens (tertiary/aromatic N) is 2. The molecule has 0 aliphatic heterocycles. The lowest BCUT2D eigenvalue weighted by Gasteiger charge is -2.04. The van der Waals surface area contributed by atoms with Crippen molar-refractivity contribution in [2.45, 2.75) is 10.7 Å². The second kappa shape index (κ2) is 4.53. The highest BCUT2D eigenvalue weighted by Crippen LogP contribution is 2.18. The predicted molar refractivity (Wildman–Crippen MR) is 64.8 cm³/mol. The van der Waals surface area contributed by atoms with Gasteiger partial charge in [-0.1, -0.05) is 31.9 Å². The van der Waals surface area contributed by atoms with Gasteiger partial charge in [-0.05, 0) is 12.1 Å². The van der Waals surface area contributed by atoms with E-state index >= 15 is 0 Å². The van der Waals surface area contributed by atoms with Crippen LogP contribution in [0.25, 0.3) is 11.0 Å². The standard InChI is InChI=1S/C10H7Br2FN2/c11-4-9-10(5-12)15-8-3-6(13)1-2-7(8)14-9/h1-3H,4-5H2. The van der Waals surface area contributed by atoms with E-state index in [2.05, 4.69) is 41.8 Å². The van der Waals surface area contributed by atoms with Crippen LogP contribution in [0.2, 0.25) is 0 Å². The van der Waals surface area contributed by atoms with Crippen LogP contribution in [0.5, 0.6) is 0 Å². The van der Waals surface area contributed by atoms with Crippen LogP contribution in [0.4, 0.5) is 4.39 Å². The van der Waals surface area contributed by atoms with E-state index in [1.54, 1.807) is 6.07 Å². The minimum absolute atomic E-state index is 0.288. The molecule has 15 heavy (non-hydrogen) atoms. The summed E-state index contributed by atoms with van der Waals surface area (Å²) in [6.07, 6.45) is 0. The number of hydrogen-bond donors (Lipinski definition) is 0. The molecule has 1 heterocycles. The second-order valence-corrected chi connectivity index (χ2v) is 4.14. The van der Waals surface area contributed by atoms with Gasteiger partial charge >= 0.3 is 0 Å². The van der Waals surface area contributed by atoms with E-state index in [1.807, 2.05) is 0 Å². The average molecular weight is 334 g/mol. The van der Waals surface area contributed by atoms with Crippen LogP contribution in [0.15, 0.2) is 18.2 Å². The summed E-state index contributed by atoms with van der Waals surface area (Å²) in [7, 11) is 0. The van der Waals surface area contributed by atoms with Gasteiger partial charge in [-0.15, -0.1) is 0 Å². The molecule has 0 saturated heterocycles. The first-order valence-corrected chi connectivity index (χ1v) is 6.56. The third-order valence-electron chi connectivity index (χ3n) is 2.03. The predicted octanol–water partition coefficient (Wildman–Crippen LogP) is 3.56. The van der Waals surface area contributed by atoms with Crippen molar-refractivity contribution in [1.82, 2.24) is 9.97 Å². The van der Waals surface area contributed by atoms with Gasteiger partial charge < -0.3 is 0 Å². The van der Waals surface area contributed by atoms with Crippen molar-refractivity contribution in [1.29, 1.82) is 0 Å². The summed E-state index contributed by atoms with van der Waals surface area (Å²) in [6.45, 7) is 0. The second-order valence-electron chi connectivity index (χ2n) is 3.02. The fourth-order valence-electron chi connectivity index (χ4n) is 1.31. The Kier molecular flexibility index (Phi) is 3.31.